The average molecular weight is 355 g/mol. The number of aryl methyl sites for hydroxylation is 1. The highest BCUT2D eigenvalue weighted by atomic mass is 16.5. The van der Waals surface area contributed by atoms with Gasteiger partial charge in [0, 0.05) is 17.1 Å². The second-order valence-electron chi connectivity index (χ2n) is 6.15. The number of carbonyl (C=O) groups is 1. The van der Waals surface area contributed by atoms with Crippen LogP contribution in [0.4, 0.5) is 11.5 Å². The van der Waals surface area contributed by atoms with Crippen LogP contribution < -0.4 is 10.1 Å². The van der Waals surface area contributed by atoms with Crippen LogP contribution in [0.2, 0.25) is 0 Å². The zero-order valence-corrected chi connectivity index (χ0v) is 14.7. The number of esters is 1. The number of hydrogen-bond acceptors (Lipinski definition) is 5. The van der Waals surface area contributed by atoms with Gasteiger partial charge in [-0.25, -0.2) is 14.8 Å². The van der Waals surface area contributed by atoms with Crippen molar-refractivity contribution in [2.75, 3.05) is 5.32 Å². The van der Waals surface area contributed by atoms with Crippen molar-refractivity contribution in [1.82, 2.24) is 9.97 Å². The van der Waals surface area contributed by atoms with E-state index in [1.807, 2.05) is 55.5 Å². The van der Waals surface area contributed by atoms with Gasteiger partial charge < -0.3 is 10.1 Å². The van der Waals surface area contributed by atoms with Gasteiger partial charge in [0.25, 0.3) is 0 Å². The number of ether oxygens (including phenoxy) is 1. The zero-order chi connectivity index (χ0) is 18.6. The van der Waals surface area contributed by atoms with Gasteiger partial charge in [0.1, 0.15) is 17.9 Å². The van der Waals surface area contributed by atoms with E-state index in [9.17, 15) is 4.79 Å². The fraction of sp³-hybridized carbons (Fsp3) is 0.0455. The Hall–Kier alpha value is -3.73. The second-order valence-corrected chi connectivity index (χ2v) is 6.15. The third kappa shape index (κ3) is 3.77. The Morgan fingerprint density at radius 2 is 1.74 bits per heavy atom. The Labute approximate surface area is 156 Å². The fourth-order valence-corrected chi connectivity index (χ4v) is 2.73. The quantitative estimate of drug-likeness (QED) is 0.417. The van der Waals surface area contributed by atoms with E-state index in [0.717, 1.165) is 22.2 Å². The van der Waals surface area contributed by atoms with Crippen LogP contribution in [-0.2, 0) is 0 Å². The van der Waals surface area contributed by atoms with Gasteiger partial charge >= 0.3 is 5.97 Å². The second kappa shape index (κ2) is 7.25. The average Bonchev–Trinajstić information content (AvgIpc) is 2.69. The SMILES string of the molecule is Cc1ccc(C(=O)Oc2cccc(Nc3ncnc4ccccc34)c2)cc1. The molecule has 0 aliphatic rings. The molecule has 0 aliphatic heterocycles. The molecule has 1 N–H and O–H groups in total. The van der Waals surface area contributed by atoms with Crippen molar-refractivity contribution in [2.24, 2.45) is 0 Å². The Kier molecular flexibility index (Phi) is 4.49. The van der Waals surface area contributed by atoms with Crippen LogP contribution in [-0.4, -0.2) is 15.9 Å². The number of nitrogens with one attached hydrogen (secondary N) is 1. The molecule has 0 atom stereocenters. The lowest BCUT2D eigenvalue weighted by Gasteiger charge is -2.10. The molecule has 3 aromatic carbocycles. The van der Waals surface area contributed by atoms with Crippen LogP contribution in [0, 0.1) is 6.92 Å². The number of anilines is 2. The first-order chi connectivity index (χ1) is 13.2. The van der Waals surface area contributed by atoms with Crippen LogP contribution in [0.1, 0.15) is 15.9 Å². The zero-order valence-electron chi connectivity index (χ0n) is 14.7. The molecule has 5 nitrogen and oxygen atoms in total. The minimum Gasteiger partial charge on any atom is -0.423 e. The van der Waals surface area contributed by atoms with E-state index in [1.54, 1.807) is 24.3 Å². The summed E-state index contributed by atoms with van der Waals surface area (Å²) in [6, 6.07) is 22.3. The number of nitrogens with zero attached hydrogens (tertiary/aromatic N) is 2. The van der Waals surface area contributed by atoms with Gasteiger partial charge in [-0.05, 0) is 43.3 Å². The molecule has 132 valence electrons. The summed E-state index contributed by atoms with van der Waals surface area (Å²) < 4.78 is 5.49. The molecule has 0 fully saturated rings. The molecule has 27 heavy (non-hydrogen) atoms. The van der Waals surface area contributed by atoms with Crippen molar-refractivity contribution < 1.29 is 9.53 Å². The Morgan fingerprint density at radius 1 is 0.926 bits per heavy atom. The van der Waals surface area contributed by atoms with E-state index in [2.05, 4.69) is 15.3 Å². The lowest BCUT2D eigenvalue weighted by molar-refractivity contribution is 0.0735. The number of carbonyl (C=O) groups excluding carboxylic acids is 1. The first-order valence-electron chi connectivity index (χ1n) is 8.55. The highest BCUT2D eigenvalue weighted by Crippen LogP contribution is 2.25. The highest BCUT2D eigenvalue weighted by molar-refractivity contribution is 5.92. The summed E-state index contributed by atoms with van der Waals surface area (Å²) in [4.78, 5) is 20.9. The summed E-state index contributed by atoms with van der Waals surface area (Å²) in [6.45, 7) is 1.97. The first-order valence-corrected chi connectivity index (χ1v) is 8.55. The predicted octanol–water partition coefficient (Wildman–Crippen LogP) is 4.90. The Morgan fingerprint density at radius 3 is 2.59 bits per heavy atom. The standard InChI is InChI=1S/C22H17N3O2/c1-15-9-11-16(12-10-15)22(26)27-18-6-4-5-17(13-18)25-21-19-7-2-3-8-20(19)23-14-24-21/h2-14H,1H3,(H,23,24,25). The fourth-order valence-electron chi connectivity index (χ4n) is 2.73. The van der Waals surface area contributed by atoms with Crippen molar-refractivity contribution in [3.05, 3.63) is 90.3 Å². The van der Waals surface area contributed by atoms with Gasteiger partial charge in [-0.2, -0.15) is 0 Å². The molecule has 0 spiro atoms. The van der Waals surface area contributed by atoms with Crippen LogP contribution in [0.5, 0.6) is 5.75 Å². The van der Waals surface area contributed by atoms with Gasteiger partial charge in [0.05, 0.1) is 11.1 Å². The molecule has 5 heteroatoms. The summed E-state index contributed by atoms with van der Waals surface area (Å²) >= 11 is 0. The molecule has 1 heterocycles. The largest absolute Gasteiger partial charge is 0.423 e. The van der Waals surface area contributed by atoms with Gasteiger partial charge in [0.15, 0.2) is 0 Å². The smallest absolute Gasteiger partial charge is 0.343 e. The summed E-state index contributed by atoms with van der Waals surface area (Å²) in [6.07, 6.45) is 1.52. The summed E-state index contributed by atoms with van der Waals surface area (Å²) in [5.41, 5.74) is 3.24. The Balaban J connectivity index is 1.55. The molecule has 0 saturated heterocycles. The molecular formula is C22H17N3O2. The van der Waals surface area contributed by atoms with Crippen molar-refractivity contribution >= 4 is 28.4 Å². The van der Waals surface area contributed by atoms with E-state index < -0.39 is 0 Å². The maximum absolute atomic E-state index is 12.3. The van der Waals surface area contributed by atoms with E-state index >= 15 is 0 Å². The molecule has 0 radical (unpaired) electrons. The molecule has 0 unspecified atom stereocenters. The highest BCUT2D eigenvalue weighted by Gasteiger charge is 2.09. The van der Waals surface area contributed by atoms with Crippen LogP contribution in [0.25, 0.3) is 10.9 Å². The van der Waals surface area contributed by atoms with Crippen molar-refractivity contribution in [2.45, 2.75) is 6.92 Å². The first kappa shape index (κ1) is 16.7. The van der Waals surface area contributed by atoms with Crippen molar-refractivity contribution in [3.63, 3.8) is 0 Å². The maximum Gasteiger partial charge on any atom is 0.343 e. The third-order valence-corrected chi connectivity index (χ3v) is 4.14. The molecule has 0 bridgehead atoms. The van der Waals surface area contributed by atoms with Crippen molar-refractivity contribution in [3.8, 4) is 5.75 Å². The lowest BCUT2D eigenvalue weighted by Crippen LogP contribution is -2.08. The maximum atomic E-state index is 12.3. The van der Waals surface area contributed by atoms with Gasteiger partial charge in [-0.3, -0.25) is 0 Å². The number of aromatic nitrogens is 2. The minimum atomic E-state index is -0.389. The topological polar surface area (TPSA) is 64.1 Å². The van der Waals surface area contributed by atoms with Gasteiger partial charge in [-0.1, -0.05) is 35.9 Å². The van der Waals surface area contributed by atoms with Crippen LogP contribution in [0.3, 0.4) is 0 Å². The Bertz CT molecular complexity index is 1100. The molecular weight excluding hydrogens is 338 g/mol. The molecule has 4 aromatic rings. The van der Waals surface area contributed by atoms with Gasteiger partial charge in [-0.15, -0.1) is 0 Å². The van der Waals surface area contributed by atoms with E-state index in [-0.39, 0.29) is 5.97 Å². The van der Waals surface area contributed by atoms with Gasteiger partial charge in [0.2, 0.25) is 0 Å². The minimum absolute atomic E-state index is 0.389. The van der Waals surface area contributed by atoms with Crippen LogP contribution in [0.15, 0.2) is 79.1 Å². The van der Waals surface area contributed by atoms with E-state index in [4.69, 9.17) is 4.74 Å². The lowest BCUT2D eigenvalue weighted by atomic mass is 10.1. The molecule has 4 rings (SSSR count). The summed E-state index contributed by atoms with van der Waals surface area (Å²) in [5.74, 6) is 0.770. The molecule has 0 saturated carbocycles. The normalized spacial score (nSPS) is 10.6. The molecule has 0 aliphatic carbocycles. The van der Waals surface area contributed by atoms with E-state index in [0.29, 0.717) is 17.1 Å². The van der Waals surface area contributed by atoms with Crippen LogP contribution >= 0.6 is 0 Å². The molecule has 1 aromatic heterocycles. The third-order valence-electron chi connectivity index (χ3n) is 4.14. The molecule has 0 amide bonds. The number of fused-ring (bicyclic) bond motifs is 1. The summed E-state index contributed by atoms with van der Waals surface area (Å²) in [5, 5.41) is 4.18. The number of benzene rings is 3. The van der Waals surface area contributed by atoms with E-state index in [1.165, 1.54) is 6.33 Å². The monoisotopic (exact) mass is 355 g/mol. The predicted molar refractivity (Wildman–Crippen MR) is 105 cm³/mol. The number of rotatable bonds is 4. The summed E-state index contributed by atoms with van der Waals surface area (Å²) in [7, 11) is 0. The van der Waals surface area contributed by atoms with Crippen molar-refractivity contribution in [1.29, 1.82) is 0 Å². The number of hydrogen-bond donors (Lipinski definition) is 1. The number of para-hydroxylation sites is 1.